The van der Waals surface area contributed by atoms with Crippen molar-refractivity contribution in [3.05, 3.63) is 27.7 Å². The lowest BCUT2D eigenvalue weighted by Gasteiger charge is -2.17. The molecular weight excluding hydrogens is 294 g/mol. The third-order valence-electron chi connectivity index (χ3n) is 2.81. The van der Waals surface area contributed by atoms with Crippen LogP contribution in [0.1, 0.15) is 31.4 Å². The first-order valence-electron chi connectivity index (χ1n) is 6.33. The van der Waals surface area contributed by atoms with Crippen LogP contribution in [0.3, 0.4) is 0 Å². The maximum absolute atomic E-state index is 6.03. The molecule has 0 radical (unpaired) electrons. The number of hydrogen-bond donors (Lipinski definition) is 1. The van der Waals surface area contributed by atoms with Gasteiger partial charge in [0.15, 0.2) is 6.79 Å². The molecule has 0 aliphatic heterocycles. The third-order valence-corrected chi connectivity index (χ3v) is 3.27. The van der Waals surface area contributed by atoms with Gasteiger partial charge in [-0.2, -0.15) is 0 Å². The molecule has 2 N–H and O–H groups in total. The number of benzene rings is 1. The third kappa shape index (κ3) is 4.59. The summed E-state index contributed by atoms with van der Waals surface area (Å²) in [4.78, 5) is 0. The van der Waals surface area contributed by atoms with Gasteiger partial charge in [0, 0.05) is 17.1 Å². The van der Waals surface area contributed by atoms with Crippen LogP contribution < -0.4 is 10.5 Å². The molecule has 0 aliphatic rings. The molecule has 1 unspecified atom stereocenters. The van der Waals surface area contributed by atoms with Crippen molar-refractivity contribution in [2.75, 3.05) is 13.4 Å². The number of hydrogen-bond acceptors (Lipinski definition) is 3. The molecule has 3 nitrogen and oxygen atoms in total. The molecule has 0 aliphatic carbocycles. The average molecular weight is 316 g/mol. The zero-order chi connectivity index (χ0) is 13.5. The predicted molar refractivity (Wildman–Crippen MR) is 78.0 cm³/mol. The van der Waals surface area contributed by atoms with Crippen LogP contribution in [0.5, 0.6) is 5.75 Å². The van der Waals surface area contributed by atoms with Crippen molar-refractivity contribution in [1.82, 2.24) is 0 Å². The van der Waals surface area contributed by atoms with Crippen LogP contribution in [-0.2, 0) is 11.2 Å². The number of aryl methyl sites for hydroxylation is 1. The first-order valence-corrected chi connectivity index (χ1v) is 7.12. The minimum atomic E-state index is 0.160. The van der Waals surface area contributed by atoms with Crippen LogP contribution in [-0.4, -0.2) is 19.4 Å². The Balaban J connectivity index is 2.89. The van der Waals surface area contributed by atoms with Crippen LogP contribution >= 0.6 is 15.9 Å². The number of rotatable bonds is 7. The Bertz CT molecular complexity index is 382. The monoisotopic (exact) mass is 315 g/mol. The van der Waals surface area contributed by atoms with Gasteiger partial charge in [-0.1, -0.05) is 22.9 Å². The lowest BCUT2D eigenvalue weighted by molar-refractivity contribution is 0.0214. The Kier molecular flexibility index (Phi) is 6.68. The van der Waals surface area contributed by atoms with E-state index in [0.29, 0.717) is 6.61 Å². The van der Waals surface area contributed by atoms with E-state index in [1.54, 1.807) is 0 Å². The Morgan fingerprint density at radius 2 is 2.06 bits per heavy atom. The van der Waals surface area contributed by atoms with Gasteiger partial charge >= 0.3 is 0 Å². The Hall–Kier alpha value is -0.580. The van der Waals surface area contributed by atoms with Crippen molar-refractivity contribution in [1.29, 1.82) is 0 Å². The maximum Gasteiger partial charge on any atom is 0.189 e. The van der Waals surface area contributed by atoms with Crippen LogP contribution in [0.4, 0.5) is 0 Å². The molecular formula is C14H22BrNO2. The zero-order valence-corrected chi connectivity index (χ0v) is 12.9. The summed E-state index contributed by atoms with van der Waals surface area (Å²) in [6.07, 6.45) is 1.77. The highest BCUT2D eigenvalue weighted by Gasteiger charge is 2.12. The molecule has 1 aromatic rings. The molecule has 102 valence electrons. The van der Waals surface area contributed by atoms with E-state index in [0.717, 1.165) is 34.2 Å². The summed E-state index contributed by atoms with van der Waals surface area (Å²) >= 11 is 3.51. The van der Waals surface area contributed by atoms with Gasteiger partial charge in [-0.05, 0) is 49.9 Å². The van der Waals surface area contributed by atoms with Gasteiger partial charge in [0.05, 0.1) is 0 Å². The van der Waals surface area contributed by atoms with E-state index in [1.807, 2.05) is 19.9 Å². The lowest BCUT2D eigenvalue weighted by atomic mass is 10.0. The molecule has 4 heteroatoms. The molecule has 0 heterocycles. The fraction of sp³-hybridized carbons (Fsp3) is 0.571. The average Bonchev–Trinajstić information content (AvgIpc) is 2.32. The number of ether oxygens (including phenoxy) is 2. The van der Waals surface area contributed by atoms with Crippen molar-refractivity contribution in [2.24, 2.45) is 5.73 Å². The fourth-order valence-electron chi connectivity index (χ4n) is 1.77. The molecule has 1 aromatic carbocycles. The minimum absolute atomic E-state index is 0.160. The van der Waals surface area contributed by atoms with Gasteiger partial charge in [0.25, 0.3) is 0 Å². The summed E-state index contributed by atoms with van der Waals surface area (Å²) in [6.45, 7) is 7.02. The molecule has 0 saturated heterocycles. The van der Waals surface area contributed by atoms with Crippen molar-refractivity contribution in [2.45, 2.75) is 39.7 Å². The SMILES string of the molecule is CCOCOc1c(C)cc(Br)cc1CC(N)CC. The van der Waals surface area contributed by atoms with E-state index in [-0.39, 0.29) is 12.8 Å². The van der Waals surface area contributed by atoms with Gasteiger partial charge < -0.3 is 15.2 Å². The molecule has 1 atom stereocenters. The van der Waals surface area contributed by atoms with E-state index >= 15 is 0 Å². The first kappa shape index (κ1) is 15.5. The standard InChI is InChI=1S/C14H22BrNO2/c1-4-13(16)8-11-7-12(15)6-10(3)14(11)18-9-17-5-2/h6-7,13H,4-5,8-9,16H2,1-3H3. The van der Waals surface area contributed by atoms with Gasteiger partial charge in [0.1, 0.15) is 5.75 Å². The van der Waals surface area contributed by atoms with Gasteiger partial charge in [-0.25, -0.2) is 0 Å². The highest BCUT2D eigenvalue weighted by molar-refractivity contribution is 9.10. The second kappa shape index (κ2) is 7.77. The molecule has 1 rings (SSSR count). The first-order chi connectivity index (χ1) is 8.58. The van der Waals surface area contributed by atoms with Crippen molar-refractivity contribution < 1.29 is 9.47 Å². The van der Waals surface area contributed by atoms with Crippen LogP contribution in [0, 0.1) is 6.92 Å². The van der Waals surface area contributed by atoms with Crippen LogP contribution in [0.2, 0.25) is 0 Å². The normalized spacial score (nSPS) is 12.5. The summed E-state index contributed by atoms with van der Waals surface area (Å²) in [5.74, 6) is 0.899. The summed E-state index contributed by atoms with van der Waals surface area (Å²) in [5, 5.41) is 0. The Morgan fingerprint density at radius 3 is 2.67 bits per heavy atom. The van der Waals surface area contributed by atoms with Crippen LogP contribution in [0.15, 0.2) is 16.6 Å². The molecule has 0 fully saturated rings. The Labute approximate surface area is 118 Å². The van der Waals surface area contributed by atoms with Crippen LogP contribution in [0.25, 0.3) is 0 Å². The lowest BCUT2D eigenvalue weighted by Crippen LogP contribution is -2.22. The van der Waals surface area contributed by atoms with E-state index < -0.39 is 0 Å². The van der Waals surface area contributed by atoms with E-state index in [9.17, 15) is 0 Å². The van der Waals surface area contributed by atoms with E-state index in [2.05, 4.69) is 28.9 Å². The molecule has 18 heavy (non-hydrogen) atoms. The quantitative estimate of drug-likeness (QED) is 0.619. The molecule has 0 aromatic heterocycles. The van der Waals surface area contributed by atoms with E-state index in [4.69, 9.17) is 15.2 Å². The summed E-state index contributed by atoms with van der Waals surface area (Å²) < 4.78 is 12.0. The maximum atomic E-state index is 6.03. The van der Waals surface area contributed by atoms with Crippen molar-refractivity contribution in [3.63, 3.8) is 0 Å². The number of halogens is 1. The van der Waals surface area contributed by atoms with E-state index in [1.165, 1.54) is 0 Å². The smallest absolute Gasteiger partial charge is 0.189 e. The molecule has 0 saturated carbocycles. The van der Waals surface area contributed by atoms with Crippen molar-refractivity contribution in [3.8, 4) is 5.75 Å². The van der Waals surface area contributed by atoms with Gasteiger partial charge in [-0.15, -0.1) is 0 Å². The van der Waals surface area contributed by atoms with Gasteiger partial charge in [-0.3, -0.25) is 0 Å². The second-order valence-corrected chi connectivity index (χ2v) is 5.25. The minimum Gasteiger partial charge on any atom is -0.467 e. The Morgan fingerprint density at radius 1 is 1.33 bits per heavy atom. The summed E-state index contributed by atoms with van der Waals surface area (Å²) in [6, 6.07) is 4.28. The zero-order valence-electron chi connectivity index (χ0n) is 11.3. The molecule has 0 amide bonds. The highest BCUT2D eigenvalue weighted by atomic mass is 79.9. The highest BCUT2D eigenvalue weighted by Crippen LogP contribution is 2.29. The largest absolute Gasteiger partial charge is 0.467 e. The fourth-order valence-corrected chi connectivity index (χ4v) is 2.39. The van der Waals surface area contributed by atoms with Crippen molar-refractivity contribution >= 4 is 15.9 Å². The predicted octanol–water partition coefficient (Wildman–Crippen LogP) is 3.41. The number of nitrogens with two attached hydrogens (primary N) is 1. The molecule has 0 bridgehead atoms. The summed E-state index contributed by atoms with van der Waals surface area (Å²) in [7, 11) is 0. The summed E-state index contributed by atoms with van der Waals surface area (Å²) in [5.41, 5.74) is 8.26. The van der Waals surface area contributed by atoms with Gasteiger partial charge in [0.2, 0.25) is 0 Å². The second-order valence-electron chi connectivity index (χ2n) is 4.34. The topological polar surface area (TPSA) is 44.5 Å². The molecule has 0 spiro atoms.